The number of thiophene rings is 1. The molecule has 0 saturated heterocycles. The van der Waals surface area contributed by atoms with Crippen LogP contribution in [0.25, 0.3) is 10.6 Å². The van der Waals surface area contributed by atoms with Gasteiger partial charge in [0.15, 0.2) is 11.5 Å². The molecule has 0 aliphatic carbocycles. The van der Waals surface area contributed by atoms with Gasteiger partial charge in [0.05, 0.1) is 11.5 Å². The summed E-state index contributed by atoms with van der Waals surface area (Å²) in [5.74, 6) is 0.229. The highest BCUT2D eigenvalue weighted by molar-refractivity contribution is 7.89. The highest BCUT2D eigenvalue weighted by atomic mass is 32.2. The van der Waals surface area contributed by atoms with Gasteiger partial charge in [-0.3, -0.25) is 4.79 Å². The lowest BCUT2D eigenvalue weighted by atomic mass is 10.2. The predicted molar refractivity (Wildman–Crippen MR) is 115 cm³/mol. The lowest BCUT2D eigenvalue weighted by Gasteiger charge is -2.21. The second-order valence-corrected chi connectivity index (χ2v) is 9.05. The molecule has 0 radical (unpaired) electrons. The molecule has 0 spiro atoms. The number of rotatable bonds is 9. The van der Waals surface area contributed by atoms with E-state index in [1.807, 2.05) is 17.5 Å². The van der Waals surface area contributed by atoms with Crippen molar-refractivity contribution >= 4 is 33.0 Å². The monoisotopic (exact) mass is 449 g/mol. The fourth-order valence-corrected chi connectivity index (χ4v) is 5.17. The smallest absolute Gasteiger partial charge is 0.277 e. The maximum Gasteiger partial charge on any atom is 0.277 e. The van der Waals surface area contributed by atoms with Crippen molar-refractivity contribution in [2.45, 2.75) is 25.7 Å². The maximum absolute atomic E-state index is 13.0. The molecule has 0 atom stereocenters. The molecule has 1 aromatic carbocycles. The number of carbonyl (C=O) groups is 1. The molecule has 8 nitrogen and oxygen atoms in total. The van der Waals surface area contributed by atoms with Crippen LogP contribution in [0.1, 0.15) is 31.3 Å². The van der Waals surface area contributed by atoms with Gasteiger partial charge in [-0.1, -0.05) is 25.1 Å². The summed E-state index contributed by atoms with van der Waals surface area (Å²) < 4.78 is 38.2. The molecule has 30 heavy (non-hydrogen) atoms. The minimum Gasteiger partial charge on any atom is -0.492 e. The van der Waals surface area contributed by atoms with Crippen molar-refractivity contribution in [3.05, 3.63) is 47.5 Å². The van der Waals surface area contributed by atoms with Crippen molar-refractivity contribution in [1.29, 1.82) is 0 Å². The number of amides is 1. The largest absolute Gasteiger partial charge is 0.492 e. The second kappa shape index (κ2) is 9.41. The molecule has 0 bridgehead atoms. The molecule has 1 amide bonds. The number of ether oxygens (including phenoxy) is 1. The number of anilines is 1. The Hall–Kier alpha value is -2.69. The Bertz CT molecular complexity index is 1100. The van der Waals surface area contributed by atoms with Gasteiger partial charge in [-0.25, -0.2) is 8.42 Å². The van der Waals surface area contributed by atoms with E-state index in [9.17, 15) is 13.2 Å². The van der Waals surface area contributed by atoms with Crippen LogP contribution in [-0.2, 0) is 10.0 Å². The zero-order valence-electron chi connectivity index (χ0n) is 16.9. The van der Waals surface area contributed by atoms with Gasteiger partial charge in [-0.05, 0) is 36.6 Å². The van der Waals surface area contributed by atoms with Crippen LogP contribution < -0.4 is 10.1 Å². The lowest BCUT2D eigenvalue weighted by Crippen LogP contribution is -2.31. The van der Waals surface area contributed by atoms with Crippen LogP contribution in [0.2, 0.25) is 0 Å². The standard InChI is InChI=1S/C20H23N3O5S2/c1-4-23(5-2)30(25,26)19-12-14(9-10-16(19)27-6-3)21-20(24)15-13-17(28-22-15)18-8-7-11-29-18/h7-13H,4-6H2,1-3H3,(H,21,24). The summed E-state index contributed by atoms with van der Waals surface area (Å²) in [6, 6.07) is 9.81. The van der Waals surface area contributed by atoms with Crippen molar-refractivity contribution in [3.63, 3.8) is 0 Å². The molecule has 10 heteroatoms. The van der Waals surface area contributed by atoms with Gasteiger partial charge in [0.25, 0.3) is 5.91 Å². The molecule has 0 unspecified atom stereocenters. The molecule has 3 rings (SSSR count). The first kappa shape index (κ1) is 22.0. The summed E-state index contributed by atoms with van der Waals surface area (Å²) in [6.45, 7) is 6.28. The number of benzene rings is 1. The number of hydrogen-bond acceptors (Lipinski definition) is 7. The highest BCUT2D eigenvalue weighted by Crippen LogP contribution is 2.30. The molecule has 3 aromatic rings. The van der Waals surface area contributed by atoms with E-state index in [0.717, 1.165) is 4.88 Å². The summed E-state index contributed by atoms with van der Waals surface area (Å²) in [5.41, 5.74) is 0.412. The maximum atomic E-state index is 13.0. The summed E-state index contributed by atoms with van der Waals surface area (Å²) >= 11 is 1.47. The van der Waals surface area contributed by atoms with Gasteiger partial charge in [-0.2, -0.15) is 4.31 Å². The molecule has 2 heterocycles. The van der Waals surface area contributed by atoms with Gasteiger partial charge in [0, 0.05) is 24.8 Å². The SMILES string of the molecule is CCOc1ccc(NC(=O)c2cc(-c3cccs3)on2)cc1S(=O)(=O)N(CC)CC. The minimum absolute atomic E-state index is 0.00489. The van der Waals surface area contributed by atoms with Crippen LogP contribution in [0, 0.1) is 0 Å². The average Bonchev–Trinajstić information content (AvgIpc) is 3.42. The lowest BCUT2D eigenvalue weighted by molar-refractivity contribution is 0.101. The first-order valence-corrected chi connectivity index (χ1v) is 11.8. The molecule has 0 fully saturated rings. The third-order valence-corrected chi connectivity index (χ3v) is 7.29. The topological polar surface area (TPSA) is 102 Å². The molecule has 0 aliphatic rings. The third kappa shape index (κ3) is 4.55. The van der Waals surface area contributed by atoms with Crippen molar-refractivity contribution in [2.24, 2.45) is 0 Å². The average molecular weight is 450 g/mol. The van der Waals surface area contributed by atoms with E-state index >= 15 is 0 Å². The van der Waals surface area contributed by atoms with Crippen LogP contribution >= 0.6 is 11.3 Å². The highest BCUT2D eigenvalue weighted by Gasteiger charge is 2.26. The van der Waals surface area contributed by atoms with Gasteiger partial charge in [0.1, 0.15) is 10.6 Å². The zero-order valence-corrected chi connectivity index (χ0v) is 18.5. The number of carbonyl (C=O) groups excluding carboxylic acids is 1. The summed E-state index contributed by atoms with van der Waals surface area (Å²) in [6.07, 6.45) is 0. The van der Waals surface area contributed by atoms with E-state index in [1.54, 1.807) is 32.9 Å². The Balaban J connectivity index is 1.89. The van der Waals surface area contributed by atoms with Gasteiger partial charge >= 0.3 is 0 Å². The first-order chi connectivity index (χ1) is 14.4. The van der Waals surface area contributed by atoms with Crippen LogP contribution in [0.4, 0.5) is 5.69 Å². The Morgan fingerprint density at radius 2 is 1.97 bits per heavy atom. The van der Waals surface area contributed by atoms with Crippen LogP contribution in [0.5, 0.6) is 5.75 Å². The molecule has 0 saturated carbocycles. The molecule has 0 aliphatic heterocycles. The van der Waals surface area contributed by atoms with Crippen LogP contribution in [0.15, 0.2) is 51.2 Å². The van der Waals surface area contributed by atoms with Crippen LogP contribution in [0.3, 0.4) is 0 Å². The number of hydrogen-bond donors (Lipinski definition) is 1. The van der Waals surface area contributed by atoms with Crippen molar-refractivity contribution in [3.8, 4) is 16.4 Å². The normalized spacial score (nSPS) is 11.6. The molecular formula is C20H23N3O5S2. The number of aromatic nitrogens is 1. The van der Waals surface area contributed by atoms with Gasteiger partial charge in [-0.15, -0.1) is 11.3 Å². The Labute approximate surface area is 179 Å². The Kier molecular flexibility index (Phi) is 6.91. The van der Waals surface area contributed by atoms with Crippen LogP contribution in [-0.4, -0.2) is 43.5 Å². The molecule has 2 aromatic heterocycles. The quantitative estimate of drug-likeness (QED) is 0.528. The van der Waals surface area contributed by atoms with E-state index in [0.29, 0.717) is 31.1 Å². The number of nitrogens with zero attached hydrogens (tertiary/aromatic N) is 2. The predicted octanol–water partition coefficient (Wildman–Crippen LogP) is 4.08. The van der Waals surface area contributed by atoms with E-state index in [1.165, 1.54) is 27.8 Å². The summed E-state index contributed by atoms with van der Waals surface area (Å²) in [5, 5.41) is 8.38. The summed E-state index contributed by atoms with van der Waals surface area (Å²) in [4.78, 5) is 13.5. The number of nitrogens with one attached hydrogen (secondary N) is 1. The van der Waals surface area contributed by atoms with E-state index in [4.69, 9.17) is 9.26 Å². The molecular weight excluding hydrogens is 426 g/mol. The van der Waals surface area contributed by atoms with E-state index < -0.39 is 15.9 Å². The van der Waals surface area contributed by atoms with E-state index in [-0.39, 0.29) is 16.3 Å². The van der Waals surface area contributed by atoms with Crippen molar-refractivity contribution in [2.75, 3.05) is 25.0 Å². The molecule has 160 valence electrons. The second-order valence-electron chi connectivity index (χ2n) is 6.19. The van der Waals surface area contributed by atoms with Gasteiger partial charge in [0.2, 0.25) is 10.0 Å². The van der Waals surface area contributed by atoms with Gasteiger partial charge < -0.3 is 14.6 Å². The Morgan fingerprint density at radius 3 is 2.60 bits per heavy atom. The number of sulfonamides is 1. The minimum atomic E-state index is -3.78. The van der Waals surface area contributed by atoms with E-state index in [2.05, 4.69) is 10.5 Å². The fourth-order valence-electron chi connectivity index (χ4n) is 2.88. The van der Waals surface area contributed by atoms with Crippen molar-refractivity contribution in [1.82, 2.24) is 9.46 Å². The Morgan fingerprint density at radius 1 is 1.20 bits per heavy atom. The zero-order chi connectivity index (χ0) is 21.7. The fraction of sp³-hybridized carbons (Fsp3) is 0.300. The molecule has 1 N–H and O–H groups in total. The summed E-state index contributed by atoms with van der Waals surface area (Å²) in [7, 11) is -3.78. The third-order valence-electron chi connectivity index (χ3n) is 4.33. The first-order valence-electron chi connectivity index (χ1n) is 9.49. The van der Waals surface area contributed by atoms with Crippen molar-refractivity contribution < 1.29 is 22.5 Å².